The Bertz CT molecular complexity index is 567. The molecule has 9 N–H and O–H groups in total. The number of carbonyl (C=O) groups is 5. The normalized spacial score (nSPS) is 14.0. The summed E-state index contributed by atoms with van der Waals surface area (Å²) in [5, 5.41) is 24.6. The van der Waals surface area contributed by atoms with Gasteiger partial charge in [-0.1, -0.05) is 13.8 Å². The lowest BCUT2D eigenvalue weighted by molar-refractivity contribution is -0.143. The number of primary amides is 1. The zero-order valence-corrected chi connectivity index (χ0v) is 15.2. The van der Waals surface area contributed by atoms with Crippen molar-refractivity contribution in [2.45, 2.75) is 44.8 Å². The van der Waals surface area contributed by atoms with Gasteiger partial charge in [0.25, 0.3) is 0 Å². The van der Waals surface area contributed by atoms with E-state index in [1.165, 1.54) is 0 Å². The van der Waals surface area contributed by atoms with Gasteiger partial charge in [0.1, 0.15) is 18.1 Å². The largest absolute Gasteiger partial charge is 0.480 e. The molecule has 0 aromatic carbocycles. The smallest absolute Gasteiger partial charge is 0.326 e. The minimum absolute atomic E-state index is 0.151. The minimum Gasteiger partial charge on any atom is -0.480 e. The van der Waals surface area contributed by atoms with Crippen LogP contribution in [0.5, 0.6) is 0 Å². The first-order valence-electron chi connectivity index (χ1n) is 8.24. The molecule has 12 heteroatoms. The number of amides is 4. The molecule has 0 aliphatic rings. The van der Waals surface area contributed by atoms with E-state index in [-0.39, 0.29) is 12.8 Å². The molecular formula is C15H27N5O7. The third kappa shape index (κ3) is 9.51. The number of hydrogen-bond donors (Lipinski definition) is 7. The van der Waals surface area contributed by atoms with Gasteiger partial charge in [-0.3, -0.25) is 19.2 Å². The van der Waals surface area contributed by atoms with Crippen LogP contribution in [-0.2, 0) is 24.0 Å². The van der Waals surface area contributed by atoms with Gasteiger partial charge in [0, 0.05) is 6.42 Å². The van der Waals surface area contributed by atoms with Gasteiger partial charge in [-0.15, -0.1) is 0 Å². The van der Waals surface area contributed by atoms with Crippen LogP contribution in [0.1, 0.15) is 26.7 Å². The first kappa shape index (κ1) is 24.3. The molecule has 154 valence electrons. The molecular weight excluding hydrogens is 362 g/mol. The Kier molecular flexibility index (Phi) is 10.6. The number of hydrogen-bond acceptors (Lipinski definition) is 7. The Morgan fingerprint density at radius 2 is 1.63 bits per heavy atom. The van der Waals surface area contributed by atoms with Gasteiger partial charge in [0.05, 0.1) is 13.2 Å². The van der Waals surface area contributed by atoms with Gasteiger partial charge >= 0.3 is 5.97 Å². The molecule has 0 aliphatic carbocycles. The van der Waals surface area contributed by atoms with E-state index in [2.05, 4.69) is 16.0 Å². The molecule has 0 rings (SSSR count). The third-order valence-electron chi connectivity index (χ3n) is 3.52. The van der Waals surface area contributed by atoms with Crippen molar-refractivity contribution >= 4 is 29.6 Å². The number of carbonyl (C=O) groups excluding carboxylic acids is 4. The first-order chi connectivity index (χ1) is 12.5. The molecule has 0 aromatic rings. The SMILES string of the molecule is CC(C)C(NC(=O)C(CCC(N)=O)NC(=O)CNC(=O)C(N)CO)C(=O)O. The van der Waals surface area contributed by atoms with Crippen LogP contribution in [0.25, 0.3) is 0 Å². The van der Waals surface area contributed by atoms with Crippen LogP contribution >= 0.6 is 0 Å². The number of aliphatic carboxylic acids is 1. The molecule has 0 bridgehead atoms. The second-order valence-corrected chi connectivity index (χ2v) is 6.20. The molecule has 4 amide bonds. The summed E-state index contributed by atoms with van der Waals surface area (Å²) in [5.74, 6) is -4.71. The molecule has 0 heterocycles. The monoisotopic (exact) mass is 389 g/mol. The fourth-order valence-corrected chi connectivity index (χ4v) is 1.95. The average Bonchev–Trinajstić information content (AvgIpc) is 2.59. The summed E-state index contributed by atoms with van der Waals surface area (Å²) < 4.78 is 0. The van der Waals surface area contributed by atoms with Crippen LogP contribution in [0, 0.1) is 5.92 Å². The summed E-state index contributed by atoms with van der Waals surface area (Å²) in [6.07, 6.45) is -0.374. The van der Waals surface area contributed by atoms with Crippen molar-refractivity contribution in [3.05, 3.63) is 0 Å². The van der Waals surface area contributed by atoms with Gasteiger partial charge in [-0.05, 0) is 12.3 Å². The predicted molar refractivity (Wildman–Crippen MR) is 92.8 cm³/mol. The van der Waals surface area contributed by atoms with Crippen molar-refractivity contribution < 1.29 is 34.2 Å². The maximum Gasteiger partial charge on any atom is 0.326 e. The van der Waals surface area contributed by atoms with Gasteiger partial charge in [0.15, 0.2) is 0 Å². The molecule has 0 saturated carbocycles. The van der Waals surface area contributed by atoms with E-state index in [9.17, 15) is 24.0 Å². The van der Waals surface area contributed by atoms with Gasteiger partial charge in [0.2, 0.25) is 23.6 Å². The molecule has 0 radical (unpaired) electrons. The molecule has 0 spiro atoms. The molecule has 3 unspecified atom stereocenters. The number of rotatable bonds is 12. The van der Waals surface area contributed by atoms with Crippen LogP contribution in [0.2, 0.25) is 0 Å². The number of carboxylic acid groups (broad SMARTS) is 1. The maximum atomic E-state index is 12.3. The van der Waals surface area contributed by atoms with E-state index in [1.54, 1.807) is 13.8 Å². The fraction of sp³-hybridized carbons (Fsp3) is 0.667. The Hall–Kier alpha value is -2.73. The summed E-state index contributed by atoms with van der Waals surface area (Å²) >= 11 is 0. The van der Waals surface area contributed by atoms with Crippen LogP contribution in [0.3, 0.4) is 0 Å². The number of nitrogens with one attached hydrogen (secondary N) is 3. The predicted octanol–water partition coefficient (Wildman–Crippen LogP) is -3.60. The highest BCUT2D eigenvalue weighted by Crippen LogP contribution is 2.04. The highest BCUT2D eigenvalue weighted by molar-refractivity contribution is 5.92. The standard InChI is InChI=1S/C15H27N5O7/c1-7(2)12(15(26)27)20-14(25)9(3-4-10(17)22)19-11(23)5-18-13(24)8(16)6-21/h7-9,12,21H,3-6,16H2,1-2H3,(H2,17,22)(H,18,24)(H,19,23)(H,20,25)(H,26,27). The van der Waals surface area contributed by atoms with E-state index >= 15 is 0 Å². The molecule has 0 saturated heterocycles. The average molecular weight is 389 g/mol. The number of nitrogens with two attached hydrogens (primary N) is 2. The molecule has 3 atom stereocenters. The number of aliphatic hydroxyl groups excluding tert-OH is 1. The summed E-state index contributed by atoms with van der Waals surface area (Å²) in [6.45, 7) is 2.05. The zero-order valence-electron chi connectivity index (χ0n) is 15.2. The van der Waals surface area contributed by atoms with E-state index in [0.717, 1.165) is 0 Å². The van der Waals surface area contributed by atoms with Gasteiger partial charge in [-0.25, -0.2) is 4.79 Å². The van der Waals surface area contributed by atoms with Gasteiger partial charge in [-0.2, -0.15) is 0 Å². The Morgan fingerprint density at radius 1 is 1.04 bits per heavy atom. The highest BCUT2D eigenvalue weighted by atomic mass is 16.4. The topological polar surface area (TPSA) is 214 Å². The Labute approximate surface area is 156 Å². The van der Waals surface area contributed by atoms with E-state index in [4.69, 9.17) is 21.7 Å². The lowest BCUT2D eigenvalue weighted by atomic mass is 10.0. The van der Waals surface area contributed by atoms with Crippen LogP contribution in [-0.4, -0.2) is 71.1 Å². The first-order valence-corrected chi connectivity index (χ1v) is 8.24. The second kappa shape index (κ2) is 11.8. The molecule has 0 fully saturated rings. The molecule has 27 heavy (non-hydrogen) atoms. The van der Waals surface area contributed by atoms with Crippen molar-refractivity contribution in [3.8, 4) is 0 Å². The third-order valence-corrected chi connectivity index (χ3v) is 3.52. The molecule has 12 nitrogen and oxygen atoms in total. The molecule has 0 aromatic heterocycles. The zero-order chi connectivity index (χ0) is 21.1. The quantitative estimate of drug-likeness (QED) is 0.176. The maximum absolute atomic E-state index is 12.3. The summed E-state index contributed by atoms with van der Waals surface area (Å²) in [7, 11) is 0. The van der Waals surface area contributed by atoms with Crippen LogP contribution in [0.15, 0.2) is 0 Å². The van der Waals surface area contributed by atoms with E-state index < -0.39 is 66.8 Å². The lowest BCUT2D eigenvalue weighted by Crippen LogP contribution is -2.55. The fourth-order valence-electron chi connectivity index (χ4n) is 1.95. The summed E-state index contributed by atoms with van der Waals surface area (Å²) in [5.41, 5.74) is 10.3. The van der Waals surface area contributed by atoms with E-state index in [0.29, 0.717) is 0 Å². The molecule has 0 aliphatic heterocycles. The summed E-state index contributed by atoms with van der Waals surface area (Å²) in [4.78, 5) is 57.8. The minimum atomic E-state index is -1.25. The van der Waals surface area contributed by atoms with Gasteiger partial charge < -0.3 is 37.6 Å². The van der Waals surface area contributed by atoms with Crippen molar-refractivity contribution in [3.63, 3.8) is 0 Å². The van der Waals surface area contributed by atoms with Crippen LogP contribution in [0.4, 0.5) is 0 Å². The van der Waals surface area contributed by atoms with Crippen molar-refractivity contribution in [1.29, 1.82) is 0 Å². The highest BCUT2D eigenvalue weighted by Gasteiger charge is 2.28. The van der Waals surface area contributed by atoms with E-state index in [1.807, 2.05) is 0 Å². The second-order valence-electron chi connectivity index (χ2n) is 6.20. The Morgan fingerprint density at radius 3 is 2.07 bits per heavy atom. The van der Waals surface area contributed by atoms with Crippen molar-refractivity contribution in [2.75, 3.05) is 13.2 Å². The lowest BCUT2D eigenvalue weighted by Gasteiger charge is -2.23. The van der Waals surface area contributed by atoms with Crippen molar-refractivity contribution in [1.82, 2.24) is 16.0 Å². The van der Waals surface area contributed by atoms with Crippen molar-refractivity contribution in [2.24, 2.45) is 17.4 Å². The summed E-state index contributed by atoms with van der Waals surface area (Å²) in [6, 6.07) is -3.61. The number of aliphatic hydroxyl groups is 1. The van der Waals surface area contributed by atoms with Crippen LogP contribution < -0.4 is 27.4 Å². The Balaban J connectivity index is 4.95. The number of carboxylic acids is 1.